The fourth-order valence-electron chi connectivity index (χ4n) is 4.00. The quantitative estimate of drug-likeness (QED) is 0.233. The summed E-state index contributed by atoms with van der Waals surface area (Å²) >= 11 is 0. The van der Waals surface area contributed by atoms with Crippen LogP contribution in [0.25, 0.3) is 22.8 Å². The van der Waals surface area contributed by atoms with Crippen molar-refractivity contribution >= 4 is 17.3 Å². The summed E-state index contributed by atoms with van der Waals surface area (Å²) in [5.74, 6) is 0. The maximum Gasteiger partial charge on any atom is 0.0319 e. The van der Waals surface area contributed by atoms with E-state index in [1.165, 1.54) is 33.4 Å². The molecule has 0 aliphatic rings. The molecule has 2 N–H and O–H groups in total. The highest BCUT2D eigenvalue weighted by atomic mass is 14.5. The van der Waals surface area contributed by atoms with Gasteiger partial charge in [-0.15, -0.1) is 0 Å². The van der Waals surface area contributed by atoms with Crippen LogP contribution in [0.1, 0.15) is 29.2 Å². The highest BCUT2D eigenvalue weighted by Gasteiger charge is 2.06. The van der Waals surface area contributed by atoms with Crippen LogP contribution in [0.3, 0.4) is 0 Å². The predicted octanol–water partition coefficient (Wildman–Crippen LogP) is 8.20. The molecule has 0 radical (unpaired) electrons. The Morgan fingerprint density at radius 3 is 2.36 bits per heavy atom. The molecule has 4 aromatic carbocycles. The van der Waals surface area contributed by atoms with E-state index in [1.54, 1.807) is 0 Å². The topological polar surface area (TPSA) is 26.0 Å². The molecule has 0 aliphatic carbocycles. The lowest BCUT2D eigenvalue weighted by atomic mass is 9.93. The lowest BCUT2D eigenvalue weighted by Gasteiger charge is -2.11. The van der Waals surface area contributed by atoms with Gasteiger partial charge in [-0.25, -0.2) is 0 Å². The Bertz CT molecular complexity index is 1290. The average molecular weight is 428 g/mol. The molecule has 1 heteroatoms. The fraction of sp³-hybridized carbons (Fsp3) is 0.0625. The molecule has 33 heavy (non-hydrogen) atoms. The van der Waals surface area contributed by atoms with Crippen LogP contribution in [0.15, 0.2) is 127 Å². The summed E-state index contributed by atoms with van der Waals surface area (Å²) in [4.78, 5) is 0. The zero-order valence-corrected chi connectivity index (χ0v) is 19.0. The Kier molecular flexibility index (Phi) is 7.35. The van der Waals surface area contributed by atoms with Gasteiger partial charge in [-0.05, 0) is 64.4 Å². The molecular formula is C32H29N. The van der Waals surface area contributed by atoms with Gasteiger partial charge in [-0.1, -0.05) is 121 Å². The van der Waals surface area contributed by atoms with Crippen LogP contribution < -0.4 is 5.73 Å². The van der Waals surface area contributed by atoms with Crippen molar-refractivity contribution in [3.63, 3.8) is 0 Å². The minimum Gasteiger partial charge on any atom is -0.399 e. The molecule has 4 aromatic rings. The summed E-state index contributed by atoms with van der Waals surface area (Å²) < 4.78 is 0. The third-order valence-electron chi connectivity index (χ3n) is 5.65. The number of nitrogens with two attached hydrogens (primary N) is 1. The van der Waals surface area contributed by atoms with Crippen molar-refractivity contribution in [2.24, 2.45) is 0 Å². The van der Waals surface area contributed by atoms with E-state index in [9.17, 15) is 0 Å². The van der Waals surface area contributed by atoms with Crippen LogP contribution in [0.2, 0.25) is 0 Å². The minimum absolute atomic E-state index is 0.779. The summed E-state index contributed by atoms with van der Waals surface area (Å²) in [5, 5.41) is 0. The molecular weight excluding hydrogens is 398 g/mol. The zero-order valence-electron chi connectivity index (χ0n) is 19.0. The number of hydrogen-bond donors (Lipinski definition) is 1. The van der Waals surface area contributed by atoms with E-state index < -0.39 is 0 Å². The van der Waals surface area contributed by atoms with E-state index in [-0.39, 0.29) is 0 Å². The van der Waals surface area contributed by atoms with Gasteiger partial charge >= 0.3 is 0 Å². The van der Waals surface area contributed by atoms with Crippen LogP contribution in [-0.4, -0.2) is 0 Å². The molecule has 0 saturated heterocycles. The van der Waals surface area contributed by atoms with Gasteiger partial charge in [0.25, 0.3) is 0 Å². The van der Waals surface area contributed by atoms with Gasteiger partial charge in [0.15, 0.2) is 0 Å². The lowest BCUT2D eigenvalue weighted by Crippen LogP contribution is -1.93. The molecule has 1 nitrogen and oxygen atoms in total. The standard InChI is InChI=1S/C32H29N/c1-2-27(15-7-6-12-25-13-11-20-31(33)24-25)29-19-10-14-26(22-29)23-30-18-8-9-21-32(30)28-16-4-3-5-17-28/h2-22,24H,23,33H2,1H3/b12-6+,15-7-,27-2+. The van der Waals surface area contributed by atoms with E-state index in [4.69, 9.17) is 5.73 Å². The van der Waals surface area contributed by atoms with E-state index in [0.29, 0.717) is 0 Å². The molecule has 0 spiro atoms. The second-order valence-corrected chi connectivity index (χ2v) is 8.03. The number of rotatable bonds is 7. The molecule has 0 amide bonds. The van der Waals surface area contributed by atoms with Crippen molar-refractivity contribution < 1.29 is 0 Å². The van der Waals surface area contributed by atoms with Gasteiger partial charge in [0.05, 0.1) is 0 Å². The average Bonchev–Trinajstić information content (AvgIpc) is 2.85. The first-order valence-electron chi connectivity index (χ1n) is 11.3. The summed E-state index contributed by atoms with van der Waals surface area (Å²) in [7, 11) is 0. The molecule has 0 aliphatic heterocycles. The van der Waals surface area contributed by atoms with Gasteiger partial charge in [-0.3, -0.25) is 0 Å². The Hall–Kier alpha value is -4.10. The molecule has 0 bridgehead atoms. The molecule has 0 heterocycles. The molecule has 0 fully saturated rings. The first-order valence-corrected chi connectivity index (χ1v) is 11.3. The van der Waals surface area contributed by atoms with Gasteiger partial charge in [-0.2, -0.15) is 0 Å². The second kappa shape index (κ2) is 11.0. The minimum atomic E-state index is 0.779. The Labute approximate surface area is 197 Å². The third kappa shape index (κ3) is 5.99. The lowest BCUT2D eigenvalue weighted by molar-refractivity contribution is 1.19. The summed E-state index contributed by atoms with van der Waals surface area (Å²) in [6, 6.07) is 36.0. The van der Waals surface area contributed by atoms with Gasteiger partial charge in [0.2, 0.25) is 0 Å². The molecule has 162 valence electrons. The van der Waals surface area contributed by atoms with Crippen LogP contribution in [-0.2, 0) is 6.42 Å². The van der Waals surface area contributed by atoms with Gasteiger partial charge in [0, 0.05) is 5.69 Å². The van der Waals surface area contributed by atoms with E-state index in [2.05, 4.69) is 116 Å². The molecule has 4 rings (SSSR count). The fourth-order valence-corrected chi connectivity index (χ4v) is 4.00. The first-order chi connectivity index (χ1) is 16.2. The van der Waals surface area contributed by atoms with Gasteiger partial charge in [0.1, 0.15) is 0 Å². The third-order valence-corrected chi connectivity index (χ3v) is 5.65. The smallest absolute Gasteiger partial charge is 0.0319 e. The number of hydrogen-bond acceptors (Lipinski definition) is 1. The number of anilines is 1. The number of allylic oxidation sites excluding steroid dienone is 5. The number of nitrogen functional groups attached to an aromatic ring is 1. The Morgan fingerprint density at radius 1 is 0.758 bits per heavy atom. The van der Waals surface area contributed by atoms with Crippen molar-refractivity contribution in [2.45, 2.75) is 13.3 Å². The predicted molar refractivity (Wildman–Crippen MR) is 144 cm³/mol. The Balaban J connectivity index is 1.52. The molecule has 0 aromatic heterocycles. The first kappa shape index (κ1) is 22.1. The second-order valence-electron chi connectivity index (χ2n) is 8.03. The SMILES string of the molecule is C\C=C(/C=C\C=C\c1cccc(N)c1)c1cccc(Cc2ccccc2-c2ccccc2)c1. The van der Waals surface area contributed by atoms with Crippen molar-refractivity contribution in [1.82, 2.24) is 0 Å². The van der Waals surface area contributed by atoms with Crippen LogP contribution in [0.4, 0.5) is 5.69 Å². The van der Waals surface area contributed by atoms with Crippen molar-refractivity contribution in [2.75, 3.05) is 5.73 Å². The largest absolute Gasteiger partial charge is 0.399 e. The van der Waals surface area contributed by atoms with E-state index in [1.807, 2.05) is 24.3 Å². The maximum atomic E-state index is 5.86. The maximum absolute atomic E-state index is 5.86. The van der Waals surface area contributed by atoms with Crippen LogP contribution >= 0.6 is 0 Å². The summed E-state index contributed by atoms with van der Waals surface area (Å²) in [5.41, 5.74) is 15.3. The normalized spacial score (nSPS) is 12.0. The highest BCUT2D eigenvalue weighted by molar-refractivity contribution is 5.75. The zero-order chi connectivity index (χ0) is 22.9. The van der Waals surface area contributed by atoms with E-state index in [0.717, 1.165) is 17.7 Å². The van der Waals surface area contributed by atoms with Crippen LogP contribution in [0.5, 0.6) is 0 Å². The van der Waals surface area contributed by atoms with Crippen molar-refractivity contribution in [3.8, 4) is 11.1 Å². The van der Waals surface area contributed by atoms with Gasteiger partial charge < -0.3 is 5.73 Å². The monoisotopic (exact) mass is 427 g/mol. The van der Waals surface area contributed by atoms with E-state index >= 15 is 0 Å². The summed E-state index contributed by atoms with van der Waals surface area (Å²) in [6.45, 7) is 2.08. The van der Waals surface area contributed by atoms with Crippen molar-refractivity contribution in [1.29, 1.82) is 0 Å². The highest BCUT2D eigenvalue weighted by Crippen LogP contribution is 2.26. The molecule has 0 unspecified atom stereocenters. The van der Waals surface area contributed by atoms with Crippen molar-refractivity contribution in [3.05, 3.63) is 150 Å². The molecule has 0 atom stereocenters. The number of benzene rings is 4. The molecule has 0 saturated carbocycles. The summed E-state index contributed by atoms with van der Waals surface area (Å²) in [6.07, 6.45) is 11.4. The Morgan fingerprint density at radius 2 is 1.55 bits per heavy atom. The van der Waals surface area contributed by atoms with Crippen LogP contribution in [0, 0.1) is 0 Å².